The maximum atomic E-state index is 13.3. The van der Waals surface area contributed by atoms with E-state index in [0.29, 0.717) is 44.2 Å². The summed E-state index contributed by atoms with van der Waals surface area (Å²) in [6.45, 7) is 5.50. The monoisotopic (exact) mass is 503 g/mol. The van der Waals surface area contributed by atoms with Crippen molar-refractivity contribution in [2.75, 3.05) is 17.8 Å². The molecule has 1 aromatic heterocycles. The minimum atomic E-state index is -0.848. The number of methoxy groups -OCH3 is 1. The van der Waals surface area contributed by atoms with Crippen molar-refractivity contribution in [1.82, 2.24) is 10.1 Å². The number of carbonyl (C=O) groups excluding carboxylic acids is 1. The predicted octanol–water partition coefficient (Wildman–Crippen LogP) is 4.62. The third-order valence-corrected chi connectivity index (χ3v) is 6.55. The average Bonchev–Trinajstić information content (AvgIpc) is 2.80. The molecule has 0 radical (unpaired) electrons. The molecule has 1 N–H and O–H groups in total. The number of carbonyl (C=O) groups is 1. The van der Waals surface area contributed by atoms with Gasteiger partial charge in [0.05, 0.1) is 28.9 Å². The van der Waals surface area contributed by atoms with Crippen molar-refractivity contribution < 1.29 is 14.2 Å². The zero-order chi connectivity index (χ0) is 23.7. The lowest BCUT2D eigenvalue weighted by atomic mass is 10.0. The molecule has 1 unspecified atom stereocenters. The number of ether oxygens (including phenoxy) is 1. The Morgan fingerprint density at radius 1 is 1.36 bits per heavy atom. The van der Waals surface area contributed by atoms with E-state index < -0.39 is 6.17 Å². The quantitative estimate of drug-likeness (QED) is 0.301. The van der Waals surface area contributed by atoms with Crippen LogP contribution in [0.4, 0.5) is 5.69 Å². The van der Waals surface area contributed by atoms with Crippen molar-refractivity contribution in [1.29, 1.82) is 0 Å². The molecule has 0 saturated carbocycles. The molecule has 0 bridgehead atoms. The second-order valence-electron chi connectivity index (χ2n) is 7.17. The molecule has 0 aliphatic carbocycles. The fourth-order valence-electron chi connectivity index (χ4n) is 3.88. The third-order valence-electron chi connectivity index (χ3n) is 5.19. The topological polar surface area (TPSA) is 79.2 Å². The summed E-state index contributed by atoms with van der Waals surface area (Å²) in [7, 11) is 1.49. The Kier molecular flexibility index (Phi) is 6.78. The molecule has 170 valence electrons. The number of para-hydroxylation sites is 1. The van der Waals surface area contributed by atoms with Crippen LogP contribution in [0.3, 0.4) is 0 Å². The summed E-state index contributed by atoms with van der Waals surface area (Å²) in [6.07, 6.45) is 1.10. The first kappa shape index (κ1) is 23.4. The molecule has 1 aliphatic rings. The first-order valence-corrected chi connectivity index (χ1v) is 11.9. The summed E-state index contributed by atoms with van der Waals surface area (Å²) in [5.74, 6) is 0.735. The number of hydrogen-bond donors (Lipinski definition) is 1. The standard InChI is InChI=1S/C23H20Cl2N4O3S/c1-4-10-33-23-26-21(31)19-14-8-6-7-9-17(14)28(18(30)5-2)22(29(19)27-23)15-11-13(24)12-16(25)20(15)32-3/h4,6-9,11-12,22H,1,5,10H2,2-3H3/p+1. The van der Waals surface area contributed by atoms with E-state index >= 15 is 0 Å². The lowest BCUT2D eigenvalue weighted by molar-refractivity contribution is -0.763. The number of fused-ring (bicyclic) bond motifs is 3. The highest BCUT2D eigenvalue weighted by molar-refractivity contribution is 7.99. The maximum Gasteiger partial charge on any atom is 0.325 e. The van der Waals surface area contributed by atoms with Crippen LogP contribution in [0.5, 0.6) is 5.75 Å². The SMILES string of the molecule is C=CCSc1n[n+]2c(c(=O)[nH]1)-c1ccccc1N(C(=O)CC)C2c1cc(Cl)cc(Cl)c1OC. The molecule has 1 atom stereocenters. The number of H-pyrrole nitrogens is 1. The van der Waals surface area contributed by atoms with Gasteiger partial charge in [-0.3, -0.25) is 14.6 Å². The number of rotatable bonds is 6. The summed E-state index contributed by atoms with van der Waals surface area (Å²) in [5.41, 5.74) is 1.68. The van der Waals surface area contributed by atoms with Crippen molar-refractivity contribution in [2.24, 2.45) is 0 Å². The van der Waals surface area contributed by atoms with Gasteiger partial charge < -0.3 is 4.74 Å². The number of thioether (sulfide) groups is 1. The zero-order valence-electron chi connectivity index (χ0n) is 18.0. The van der Waals surface area contributed by atoms with E-state index in [0.717, 1.165) is 0 Å². The van der Waals surface area contributed by atoms with Crippen LogP contribution in [0.15, 0.2) is 59.0 Å². The van der Waals surface area contributed by atoms with E-state index in [9.17, 15) is 9.59 Å². The smallest absolute Gasteiger partial charge is 0.325 e. The molecule has 1 amide bonds. The number of aromatic nitrogens is 3. The molecule has 3 aromatic rings. The van der Waals surface area contributed by atoms with Crippen LogP contribution >= 0.6 is 35.0 Å². The Labute approximate surface area is 205 Å². The normalized spacial score (nSPS) is 14.4. The molecule has 4 rings (SSSR count). The van der Waals surface area contributed by atoms with Crippen molar-refractivity contribution in [3.63, 3.8) is 0 Å². The predicted molar refractivity (Wildman–Crippen MR) is 130 cm³/mol. The summed E-state index contributed by atoms with van der Waals surface area (Å²) in [5, 5.41) is 5.76. The van der Waals surface area contributed by atoms with Crippen LogP contribution in [0.2, 0.25) is 10.0 Å². The number of anilines is 1. The van der Waals surface area contributed by atoms with Crippen molar-refractivity contribution in [3.05, 3.63) is 75.0 Å². The van der Waals surface area contributed by atoms with E-state index in [4.69, 9.17) is 33.0 Å². The van der Waals surface area contributed by atoms with Gasteiger partial charge >= 0.3 is 11.3 Å². The Hall–Kier alpha value is -2.81. The molecular formula is C23H21Cl2N4O3S+. The average molecular weight is 504 g/mol. The van der Waals surface area contributed by atoms with Crippen LogP contribution in [0, 0.1) is 0 Å². The summed E-state index contributed by atoms with van der Waals surface area (Å²) < 4.78 is 7.15. The highest BCUT2D eigenvalue weighted by Crippen LogP contribution is 2.42. The molecule has 2 aromatic carbocycles. The van der Waals surface area contributed by atoms with Crippen LogP contribution < -0.4 is 19.9 Å². The lowest BCUT2D eigenvalue weighted by Gasteiger charge is -2.32. The Morgan fingerprint density at radius 3 is 2.82 bits per heavy atom. The van der Waals surface area contributed by atoms with E-state index in [2.05, 4.69) is 11.6 Å². The van der Waals surface area contributed by atoms with E-state index in [1.54, 1.807) is 46.8 Å². The van der Waals surface area contributed by atoms with Gasteiger partial charge in [-0.1, -0.05) is 60.1 Å². The number of aromatic amines is 1. The van der Waals surface area contributed by atoms with Gasteiger partial charge in [-0.15, -0.1) is 6.58 Å². The number of nitrogens with zero attached hydrogens (tertiary/aromatic N) is 3. The molecule has 33 heavy (non-hydrogen) atoms. The minimum absolute atomic E-state index is 0.161. The van der Waals surface area contributed by atoms with E-state index in [1.807, 2.05) is 12.1 Å². The fraction of sp³-hybridized carbons (Fsp3) is 0.217. The number of halogens is 2. The molecule has 7 nitrogen and oxygen atoms in total. The first-order chi connectivity index (χ1) is 15.9. The largest absolute Gasteiger partial charge is 0.495 e. The van der Waals surface area contributed by atoms with Crippen LogP contribution in [0.1, 0.15) is 25.1 Å². The number of amides is 1. The van der Waals surface area contributed by atoms with Crippen LogP contribution in [0.25, 0.3) is 11.3 Å². The van der Waals surface area contributed by atoms with Gasteiger partial charge in [0.15, 0.2) is 0 Å². The van der Waals surface area contributed by atoms with Gasteiger partial charge in [-0.05, 0) is 28.9 Å². The number of nitrogens with one attached hydrogen (secondary N) is 1. The second kappa shape index (κ2) is 9.59. The number of benzene rings is 2. The molecular weight excluding hydrogens is 483 g/mol. The van der Waals surface area contributed by atoms with Gasteiger partial charge in [-0.2, -0.15) is 0 Å². The summed E-state index contributed by atoms with van der Waals surface area (Å²) in [4.78, 5) is 31.0. The molecule has 0 spiro atoms. The van der Waals surface area contributed by atoms with Gasteiger partial charge in [0.1, 0.15) is 5.75 Å². The maximum absolute atomic E-state index is 13.3. The highest BCUT2D eigenvalue weighted by atomic mass is 35.5. The van der Waals surface area contributed by atoms with Gasteiger partial charge in [0.25, 0.3) is 6.17 Å². The van der Waals surface area contributed by atoms with Crippen LogP contribution in [-0.4, -0.2) is 28.9 Å². The van der Waals surface area contributed by atoms with Gasteiger partial charge in [0, 0.05) is 22.3 Å². The van der Waals surface area contributed by atoms with Gasteiger partial charge in [-0.25, -0.2) is 4.90 Å². The van der Waals surface area contributed by atoms with Crippen molar-refractivity contribution >= 4 is 46.6 Å². The van der Waals surface area contributed by atoms with E-state index in [1.165, 1.54) is 18.9 Å². The highest BCUT2D eigenvalue weighted by Gasteiger charge is 2.47. The van der Waals surface area contributed by atoms with Crippen LogP contribution in [-0.2, 0) is 4.79 Å². The Bertz CT molecular complexity index is 1310. The second-order valence-corrected chi connectivity index (χ2v) is 9.02. The molecule has 0 saturated heterocycles. The van der Waals surface area contributed by atoms with Gasteiger partial charge in [0.2, 0.25) is 11.1 Å². The molecule has 1 aliphatic heterocycles. The minimum Gasteiger partial charge on any atom is -0.495 e. The lowest BCUT2D eigenvalue weighted by Crippen LogP contribution is -2.61. The molecule has 2 heterocycles. The fourth-order valence-corrected chi connectivity index (χ4v) is 5.06. The number of hydrogen-bond acceptors (Lipinski definition) is 5. The van der Waals surface area contributed by atoms with Crippen molar-refractivity contribution in [3.8, 4) is 17.0 Å². The first-order valence-electron chi connectivity index (χ1n) is 10.2. The third kappa shape index (κ3) is 4.14. The van der Waals surface area contributed by atoms with E-state index in [-0.39, 0.29) is 22.9 Å². The Morgan fingerprint density at radius 2 is 2.12 bits per heavy atom. The molecule has 0 fully saturated rings. The van der Waals surface area contributed by atoms with Crippen molar-refractivity contribution in [2.45, 2.75) is 24.7 Å². The zero-order valence-corrected chi connectivity index (χ0v) is 20.3. The summed E-state index contributed by atoms with van der Waals surface area (Å²) in [6, 6.07) is 10.5. The molecule has 10 heteroatoms. The Balaban J connectivity index is 2.11. The summed E-state index contributed by atoms with van der Waals surface area (Å²) >= 11 is 14.1.